The van der Waals surface area contributed by atoms with Gasteiger partial charge < -0.3 is 15.2 Å². The zero-order valence-electron chi connectivity index (χ0n) is 14.2. The summed E-state index contributed by atoms with van der Waals surface area (Å²) in [6, 6.07) is 6.99. The van der Waals surface area contributed by atoms with E-state index in [1.807, 2.05) is 43.0 Å². The summed E-state index contributed by atoms with van der Waals surface area (Å²) >= 11 is 0. The molecule has 0 saturated heterocycles. The smallest absolute Gasteiger partial charge is 0.320 e. The Balaban J connectivity index is 2.71. The molecular formula is C17H26N2O4. The lowest BCUT2D eigenvalue weighted by Gasteiger charge is -2.26. The first kappa shape index (κ1) is 19.0. The Morgan fingerprint density at radius 1 is 1.22 bits per heavy atom. The molecule has 1 rings (SSSR count). The fraction of sp³-hybridized carbons (Fsp3) is 0.529. The topological polar surface area (TPSA) is 78.9 Å². The molecule has 1 atom stereocenters. The summed E-state index contributed by atoms with van der Waals surface area (Å²) in [5.74, 6) is -0.212. The fourth-order valence-electron chi connectivity index (χ4n) is 2.12. The van der Waals surface area contributed by atoms with Gasteiger partial charge in [-0.15, -0.1) is 0 Å². The van der Waals surface area contributed by atoms with Crippen LogP contribution in [0.15, 0.2) is 24.3 Å². The minimum atomic E-state index is -0.882. The second kappa shape index (κ2) is 9.15. The van der Waals surface area contributed by atoms with Gasteiger partial charge in [0.2, 0.25) is 5.91 Å². The minimum Gasteiger partial charge on any atom is -0.491 e. The Labute approximate surface area is 137 Å². The first-order valence-corrected chi connectivity index (χ1v) is 7.76. The van der Waals surface area contributed by atoms with E-state index >= 15 is 0 Å². The van der Waals surface area contributed by atoms with Crippen molar-refractivity contribution in [2.75, 3.05) is 13.1 Å². The molecule has 6 nitrogen and oxygen atoms in total. The molecule has 128 valence electrons. The number of ether oxygens (including phenoxy) is 1. The summed E-state index contributed by atoms with van der Waals surface area (Å²) in [5.41, 5.74) is 0.997. The van der Waals surface area contributed by atoms with E-state index in [1.54, 1.807) is 6.92 Å². The van der Waals surface area contributed by atoms with Gasteiger partial charge in [-0.25, -0.2) is 0 Å². The fourth-order valence-corrected chi connectivity index (χ4v) is 2.12. The summed E-state index contributed by atoms with van der Waals surface area (Å²) in [5, 5.41) is 11.9. The molecule has 2 N–H and O–H groups in total. The van der Waals surface area contributed by atoms with Crippen molar-refractivity contribution in [2.24, 2.45) is 0 Å². The minimum absolute atomic E-state index is 0.113. The lowest BCUT2D eigenvalue weighted by Crippen LogP contribution is -2.42. The predicted molar refractivity (Wildman–Crippen MR) is 88.4 cm³/mol. The van der Waals surface area contributed by atoms with Gasteiger partial charge >= 0.3 is 5.97 Å². The zero-order valence-corrected chi connectivity index (χ0v) is 14.2. The van der Waals surface area contributed by atoms with Gasteiger partial charge in [0, 0.05) is 26.6 Å². The summed E-state index contributed by atoms with van der Waals surface area (Å²) in [6.45, 7) is 8.40. The first-order valence-electron chi connectivity index (χ1n) is 7.76. The molecule has 0 radical (unpaired) electrons. The molecule has 1 unspecified atom stereocenters. The van der Waals surface area contributed by atoms with Crippen LogP contribution < -0.4 is 10.1 Å². The van der Waals surface area contributed by atoms with E-state index in [0.29, 0.717) is 19.6 Å². The standard InChI is InChI=1S/C17H26N2O4/c1-12(2)23-16-7-5-15(6-8-16)11-19(13(3)17(21)22)10-9-18-14(4)20/h5-8,12-13H,9-11H2,1-4H3,(H,18,20)(H,21,22). The molecule has 0 aliphatic heterocycles. The summed E-state index contributed by atoms with van der Waals surface area (Å²) in [7, 11) is 0. The van der Waals surface area contributed by atoms with Crippen molar-refractivity contribution in [3.8, 4) is 5.75 Å². The van der Waals surface area contributed by atoms with Crippen molar-refractivity contribution in [2.45, 2.75) is 46.4 Å². The van der Waals surface area contributed by atoms with Gasteiger partial charge in [-0.05, 0) is 38.5 Å². The van der Waals surface area contributed by atoms with Crippen LogP contribution in [0.3, 0.4) is 0 Å². The molecule has 6 heteroatoms. The first-order chi connectivity index (χ1) is 10.8. The molecule has 0 fully saturated rings. The van der Waals surface area contributed by atoms with Crippen LogP contribution in [0.5, 0.6) is 5.75 Å². The van der Waals surface area contributed by atoms with Crippen LogP contribution in [-0.4, -0.2) is 47.1 Å². The van der Waals surface area contributed by atoms with Crippen molar-refractivity contribution in [1.29, 1.82) is 0 Å². The van der Waals surface area contributed by atoms with E-state index in [9.17, 15) is 14.7 Å². The Bertz CT molecular complexity index is 514. The maximum Gasteiger partial charge on any atom is 0.320 e. The Morgan fingerprint density at radius 2 is 1.83 bits per heavy atom. The zero-order chi connectivity index (χ0) is 17.4. The number of rotatable bonds is 9. The van der Waals surface area contributed by atoms with E-state index in [2.05, 4.69) is 5.32 Å². The largest absolute Gasteiger partial charge is 0.491 e. The van der Waals surface area contributed by atoms with E-state index in [1.165, 1.54) is 6.92 Å². The molecule has 0 saturated carbocycles. The summed E-state index contributed by atoms with van der Waals surface area (Å²) in [4.78, 5) is 24.0. The maximum absolute atomic E-state index is 11.3. The highest BCUT2D eigenvalue weighted by molar-refractivity contribution is 5.73. The number of aliphatic carboxylic acids is 1. The van der Waals surface area contributed by atoms with E-state index < -0.39 is 12.0 Å². The van der Waals surface area contributed by atoms with Crippen LogP contribution in [0.1, 0.15) is 33.3 Å². The number of benzene rings is 1. The van der Waals surface area contributed by atoms with Crippen LogP contribution in [0.4, 0.5) is 0 Å². The van der Waals surface area contributed by atoms with E-state index in [-0.39, 0.29) is 12.0 Å². The van der Waals surface area contributed by atoms with Crippen molar-refractivity contribution in [1.82, 2.24) is 10.2 Å². The molecule has 1 aromatic carbocycles. The van der Waals surface area contributed by atoms with Crippen LogP contribution >= 0.6 is 0 Å². The lowest BCUT2D eigenvalue weighted by molar-refractivity contribution is -0.142. The highest BCUT2D eigenvalue weighted by atomic mass is 16.5. The molecular weight excluding hydrogens is 296 g/mol. The van der Waals surface area contributed by atoms with E-state index in [0.717, 1.165) is 11.3 Å². The summed E-state index contributed by atoms with van der Waals surface area (Å²) in [6.07, 6.45) is 0.113. The number of carboxylic acid groups (broad SMARTS) is 1. The van der Waals surface area contributed by atoms with Gasteiger partial charge in [0.1, 0.15) is 11.8 Å². The third kappa shape index (κ3) is 7.15. The SMILES string of the molecule is CC(=O)NCCN(Cc1ccc(OC(C)C)cc1)C(C)C(=O)O. The van der Waals surface area contributed by atoms with Crippen LogP contribution in [0, 0.1) is 0 Å². The average molecular weight is 322 g/mol. The number of hydrogen-bond acceptors (Lipinski definition) is 4. The molecule has 0 aliphatic carbocycles. The number of carboxylic acids is 1. The number of hydrogen-bond donors (Lipinski definition) is 2. The molecule has 0 bridgehead atoms. The van der Waals surface area contributed by atoms with Gasteiger partial charge in [-0.1, -0.05) is 12.1 Å². The van der Waals surface area contributed by atoms with Gasteiger partial charge in [0.05, 0.1) is 6.10 Å². The van der Waals surface area contributed by atoms with Gasteiger partial charge in [-0.2, -0.15) is 0 Å². The number of carbonyl (C=O) groups excluding carboxylic acids is 1. The number of nitrogens with one attached hydrogen (secondary N) is 1. The Hall–Kier alpha value is -2.08. The maximum atomic E-state index is 11.3. The number of amides is 1. The van der Waals surface area contributed by atoms with Crippen molar-refractivity contribution >= 4 is 11.9 Å². The lowest BCUT2D eigenvalue weighted by atomic mass is 10.1. The average Bonchev–Trinajstić information content (AvgIpc) is 2.46. The van der Waals surface area contributed by atoms with Crippen molar-refractivity contribution in [3.05, 3.63) is 29.8 Å². The predicted octanol–water partition coefficient (Wildman–Crippen LogP) is 1.88. The Kier molecular flexibility index (Phi) is 7.54. The van der Waals surface area contributed by atoms with Gasteiger partial charge in [0.25, 0.3) is 0 Å². The molecule has 1 amide bonds. The van der Waals surface area contributed by atoms with Crippen molar-refractivity contribution < 1.29 is 19.4 Å². The highest BCUT2D eigenvalue weighted by Crippen LogP contribution is 2.16. The summed E-state index contributed by atoms with van der Waals surface area (Å²) < 4.78 is 5.60. The molecule has 0 spiro atoms. The number of nitrogens with zero attached hydrogens (tertiary/aromatic N) is 1. The van der Waals surface area contributed by atoms with Crippen LogP contribution in [0.2, 0.25) is 0 Å². The third-order valence-corrected chi connectivity index (χ3v) is 3.36. The van der Waals surface area contributed by atoms with Gasteiger partial charge in [-0.3, -0.25) is 14.5 Å². The second-order valence-corrected chi connectivity index (χ2v) is 5.78. The Morgan fingerprint density at radius 3 is 2.30 bits per heavy atom. The normalized spacial score (nSPS) is 12.3. The second-order valence-electron chi connectivity index (χ2n) is 5.78. The molecule has 0 heterocycles. The van der Waals surface area contributed by atoms with E-state index in [4.69, 9.17) is 4.74 Å². The molecule has 0 aromatic heterocycles. The van der Waals surface area contributed by atoms with Crippen LogP contribution in [0.25, 0.3) is 0 Å². The molecule has 23 heavy (non-hydrogen) atoms. The van der Waals surface area contributed by atoms with Crippen LogP contribution in [-0.2, 0) is 16.1 Å². The van der Waals surface area contributed by atoms with Crippen molar-refractivity contribution in [3.63, 3.8) is 0 Å². The molecule has 0 aliphatic rings. The highest BCUT2D eigenvalue weighted by Gasteiger charge is 2.20. The third-order valence-electron chi connectivity index (χ3n) is 3.36. The molecule has 1 aromatic rings. The van der Waals surface area contributed by atoms with Gasteiger partial charge in [0.15, 0.2) is 0 Å². The monoisotopic (exact) mass is 322 g/mol. The quantitative estimate of drug-likeness (QED) is 0.726. The number of carbonyl (C=O) groups is 2.